The van der Waals surface area contributed by atoms with Crippen LogP contribution in [-0.2, 0) is 0 Å². The van der Waals surface area contributed by atoms with Gasteiger partial charge in [-0.3, -0.25) is 0 Å². The smallest absolute Gasteiger partial charge is 0.0461 e. The van der Waals surface area contributed by atoms with Gasteiger partial charge in [0.25, 0.3) is 0 Å². The fourth-order valence-corrected chi connectivity index (χ4v) is 3.68. The molecule has 0 amide bonds. The van der Waals surface area contributed by atoms with Crippen molar-refractivity contribution in [1.29, 1.82) is 0 Å². The number of nitrogens with zero attached hydrogens (tertiary/aromatic N) is 1. The quantitative estimate of drug-likeness (QED) is 0.301. The Hall–Kier alpha value is -3.32. The molecule has 0 spiro atoms. The average molecular weight is 436 g/mol. The van der Waals surface area contributed by atoms with E-state index in [4.69, 9.17) is 0 Å². The highest BCUT2D eigenvalue weighted by atomic mass is 15.1. The Morgan fingerprint density at radius 1 is 0.455 bits per heavy atom. The van der Waals surface area contributed by atoms with E-state index >= 15 is 0 Å². The summed E-state index contributed by atoms with van der Waals surface area (Å²) >= 11 is 0. The number of aryl methyl sites for hydroxylation is 2. The lowest BCUT2D eigenvalue weighted by atomic mass is 9.93. The fourth-order valence-electron chi connectivity index (χ4n) is 3.68. The van der Waals surface area contributed by atoms with E-state index in [0.29, 0.717) is 5.92 Å². The predicted octanol–water partition coefficient (Wildman–Crippen LogP) is 9.59. The maximum absolute atomic E-state index is 2.32. The number of anilines is 3. The van der Waals surface area contributed by atoms with Gasteiger partial charge in [0, 0.05) is 23.0 Å². The lowest BCUT2D eigenvalue weighted by molar-refractivity contribution is 0.737. The summed E-state index contributed by atoms with van der Waals surface area (Å²) in [4.78, 5) is 2.32. The first-order valence-electron chi connectivity index (χ1n) is 11.9. The van der Waals surface area contributed by atoms with Crippen molar-refractivity contribution in [2.24, 2.45) is 5.92 Å². The number of benzene rings is 4. The van der Waals surface area contributed by atoms with Crippen LogP contribution in [0.4, 0.5) is 17.1 Å². The lowest BCUT2D eigenvalue weighted by Crippen LogP contribution is -2.10. The third-order valence-electron chi connectivity index (χ3n) is 5.54. The molecule has 0 N–H and O–H groups in total. The van der Waals surface area contributed by atoms with Gasteiger partial charge in [0.15, 0.2) is 0 Å². The maximum atomic E-state index is 2.32. The van der Waals surface area contributed by atoms with Gasteiger partial charge in [-0.15, -0.1) is 0 Å². The zero-order chi connectivity index (χ0) is 23.8. The molecule has 0 heterocycles. The Bertz CT molecular complexity index is 1040. The minimum atomic E-state index is 0.373. The highest BCUT2D eigenvalue weighted by Crippen LogP contribution is 2.36. The van der Waals surface area contributed by atoms with Gasteiger partial charge < -0.3 is 4.90 Å². The molecule has 1 nitrogen and oxygen atoms in total. The fraction of sp³-hybridized carbons (Fsp3) is 0.250. The van der Waals surface area contributed by atoms with Crippen molar-refractivity contribution >= 4 is 17.1 Å². The van der Waals surface area contributed by atoms with Gasteiger partial charge in [-0.25, -0.2) is 0 Å². The Morgan fingerprint density at radius 3 is 1.18 bits per heavy atom. The van der Waals surface area contributed by atoms with E-state index in [0.717, 1.165) is 5.92 Å². The SMILES string of the molecule is CC(C)C.Cc1ccc(N(c2ccc(C)cc2)c2ccc(C(C)c3ccccc3)cc2)cc1. The van der Waals surface area contributed by atoms with Crippen molar-refractivity contribution in [1.82, 2.24) is 0 Å². The minimum Gasteiger partial charge on any atom is -0.311 e. The van der Waals surface area contributed by atoms with E-state index in [2.05, 4.69) is 150 Å². The summed E-state index contributed by atoms with van der Waals surface area (Å²) < 4.78 is 0. The second-order valence-electron chi connectivity index (χ2n) is 9.46. The van der Waals surface area contributed by atoms with Crippen LogP contribution in [0.1, 0.15) is 55.9 Å². The standard InChI is InChI=1S/C28H27N.C4H10/c1-21-9-15-26(16-10-21)29(27-17-11-22(2)12-18-27)28-19-13-25(14-20-28)23(3)24-7-5-4-6-8-24;1-4(2)3/h4-20,23H,1-3H3;4H,1-3H3. The molecule has 0 saturated carbocycles. The lowest BCUT2D eigenvalue weighted by Gasteiger charge is -2.26. The molecule has 0 saturated heterocycles. The molecule has 0 aromatic heterocycles. The maximum Gasteiger partial charge on any atom is 0.0461 e. The van der Waals surface area contributed by atoms with Gasteiger partial charge in [0.05, 0.1) is 0 Å². The molecular formula is C32H37N. The number of hydrogen-bond acceptors (Lipinski definition) is 1. The highest BCUT2D eigenvalue weighted by Gasteiger charge is 2.14. The van der Waals surface area contributed by atoms with Crippen LogP contribution in [0.2, 0.25) is 0 Å². The van der Waals surface area contributed by atoms with E-state index in [1.165, 1.54) is 39.3 Å². The van der Waals surface area contributed by atoms with Crippen LogP contribution in [-0.4, -0.2) is 0 Å². The van der Waals surface area contributed by atoms with Crippen molar-refractivity contribution in [3.63, 3.8) is 0 Å². The largest absolute Gasteiger partial charge is 0.311 e. The molecule has 0 aliphatic carbocycles. The monoisotopic (exact) mass is 435 g/mol. The summed E-state index contributed by atoms with van der Waals surface area (Å²) in [6.07, 6.45) is 0. The third-order valence-corrected chi connectivity index (χ3v) is 5.54. The molecule has 33 heavy (non-hydrogen) atoms. The van der Waals surface area contributed by atoms with Gasteiger partial charge in [-0.05, 0) is 67.3 Å². The van der Waals surface area contributed by atoms with E-state index in [-0.39, 0.29) is 0 Å². The first-order valence-corrected chi connectivity index (χ1v) is 11.9. The molecule has 170 valence electrons. The molecule has 4 aromatic carbocycles. The van der Waals surface area contributed by atoms with E-state index in [1.54, 1.807) is 0 Å². The highest BCUT2D eigenvalue weighted by molar-refractivity contribution is 5.76. The van der Waals surface area contributed by atoms with Crippen molar-refractivity contribution in [2.75, 3.05) is 4.90 Å². The van der Waals surface area contributed by atoms with E-state index in [1.807, 2.05) is 0 Å². The molecule has 0 bridgehead atoms. The Kier molecular flexibility index (Phi) is 8.49. The molecule has 4 rings (SSSR count). The molecule has 4 aromatic rings. The summed E-state index contributed by atoms with van der Waals surface area (Å²) in [6, 6.07) is 37.1. The van der Waals surface area contributed by atoms with Crippen molar-refractivity contribution in [2.45, 2.75) is 47.5 Å². The predicted molar refractivity (Wildman–Crippen MR) is 145 cm³/mol. The van der Waals surface area contributed by atoms with Crippen molar-refractivity contribution < 1.29 is 0 Å². The van der Waals surface area contributed by atoms with Gasteiger partial charge in [0.1, 0.15) is 0 Å². The van der Waals surface area contributed by atoms with Crippen molar-refractivity contribution in [3.05, 3.63) is 125 Å². The molecule has 1 unspecified atom stereocenters. The molecule has 0 aliphatic rings. The van der Waals surface area contributed by atoms with Crippen LogP contribution in [0.15, 0.2) is 103 Å². The molecule has 0 radical (unpaired) electrons. The van der Waals surface area contributed by atoms with Crippen LogP contribution in [0.3, 0.4) is 0 Å². The minimum absolute atomic E-state index is 0.373. The summed E-state index contributed by atoms with van der Waals surface area (Å²) in [7, 11) is 0. The summed E-state index contributed by atoms with van der Waals surface area (Å²) in [6.45, 7) is 13.0. The van der Waals surface area contributed by atoms with Gasteiger partial charge in [-0.2, -0.15) is 0 Å². The first-order chi connectivity index (χ1) is 15.8. The molecular weight excluding hydrogens is 398 g/mol. The number of rotatable bonds is 5. The number of hydrogen-bond donors (Lipinski definition) is 0. The zero-order valence-corrected chi connectivity index (χ0v) is 20.9. The van der Waals surface area contributed by atoms with Crippen molar-refractivity contribution in [3.8, 4) is 0 Å². The molecule has 1 heteroatoms. The van der Waals surface area contributed by atoms with Crippen LogP contribution < -0.4 is 4.90 Å². The topological polar surface area (TPSA) is 3.24 Å². The Balaban J connectivity index is 0.000000709. The Morgan fingerprint density at radius 2 is 0.788 bits per heavy atom. The average Bonchev–Trinajstić information content (AvgIpc) is 2.82. The third kappa shape index (κ3) is 6.83. The van der Waals surface area contributed by atoms with E-state index < -0.39 is 0 Å². The summed E-state index contributed by atoms with van der Waals surface area (Å²) in [5, 5.41) is 0. The normalized spacial score (nSPS) is 11.5. The van der Waals surface area contributed by atoms with Crippen LogP contribution in [0.25, 0.3) is 0 Å². The van der Waals surface area contributed by atoms with E-state index in [9.17, 15) is 0 Å². The second-order valence-corrected chi connectivity index (χ2v) is 9.46. The summed E-state index contributed by atoms with van der Waals surface area (Å²) in [5.41, 5.74) is 8.71. The molecule has 0 aliphatic heterocycles. The van der Waals surface area contributed by atoms with Gasteiger partial charge in [0.2, 0.25) is 0 Å². The van der Waals surface area contributed by atoms with Crippen LogP contribution in [0, 0.1) is 19.8 Å². The van der Waals surface area contributed by atoms with Crippen LogP contribution >= 0.6 is 0 Å². The summed E-state index contributed by atoms with van der Waals surface area (Å²) in [5.74, 6) is 1.21. The first kappa shape index (κ1) is 24.3. The second kappa shape index (κ2) is 11.5. The van der Waals surface area contributed by atoms with Gasteiger partial charge in [-0.1, -0.05) is 106 Å². The zero-order valence-electron chi connectivity index (χ0n) is 20.9. The Labute approximate surface area is 200 Å². The molecule has 0 fully saturated rings. The van der Waals surface area contributed by atoms with Gasteiger partial charge >= 0.3 is 0 Å². The van der Waals surface area contributed by atoms with Crippen LogP contribution in [0.5, 0.6) is 0 Å². The molecule has 1 atom stereocenters.